The molecule has 0 aliphatic carbocycles. The highest BCUT2D eigenvalue weighted by Gasteiger charge is 2.17. The van der Waals surface area contributed by atoms with Gasteiger partial charge in [-0.25, -0.2) is 4.98 Å². The van der Waals surface area contributed by atoms with Crippen molar-refractivity contribution in [2.24, 2.45) is 0 Å². The molecule has 3 aromatic rings. The van der Waals surface area contributed by atoms with Crippen LogP contribution in [0.3, 0.4) is 0 Å². The fourth-order valence-corrected chi connectivity index (χ4v) is 3.55. The van der Waals surface area contributed by atoms with Crippen LogP contribution in [-0.4, -0.2) is 10.1 Å². The summed E-state index contributed by atoms with van der Waals surface area (Å²) in [4.78, 5) is 4.56. The Bertz CT molecular complexity index is 745. The Morgan fingerprint density at radius 1 is 1.35 bits per heavy atom. The lowest BCUT2D eigenvalue weighted by molar-refractivity contribution is 0.392. The molecule has 0 radical (unpaired) electrons. The van der Waals surface area contributed by atoms with Gasteiger partial charge in [-0.3, -0.25) is 0 Å². The monoisotopic (exact) mass is 307 g/mol. The zero-order chi connectivity index (χ0) is 14.3. The average Bonchev–Trinajstić information content (AvgIpc) is 2.92. The van der Waals surface area contributed by atoms with E-state index in [0.717, 1.165) is 37.4 Å². The summed E-state index contributed by atoms with van der Waals surface area (Å²) in [6.45, 7) is 5.94. The summed E-state index contributed by atoms with van der Waals surface area (Å²) in [6.07, 6.45) is 0. The molecule has 0 amide bonds. The van der Waals surface area contributed by atoms with Crippen molar-refractivity contribution in [2.75, 3.05) is 5.32 Å². The molecule has 0 spiro atoms. The summed E-state index contributed by atoms with van der Waals surface area (Å²) in [7, 11) is 0. The van der Waals surface area contributed by atoms with Gasteiger partial charge in [0.2, 0.25) is 0 Å². The molecule has 0 aliphatic heterocycles. The SMILES string of the molecule is Cc1noc(C)c1C(C)Nc1nc2ccc(Cl)cc2s1. The largest absolute Gasteiger partial charge is 0.361 e. The van der Waals surface area contributed by atoms with Gasteiger partial charge in [0.05, 0.1) is 22.0 Å². The Kier molecular flexibility index (Phi) is 3.40. The standard InChI is InChI=1S/C14H14ClN3OS/c1-7(13-8(2)18-19-9(13)3)16-14-17-11-5-4-10(15)6-12(11)20-14/h4-7H,1-3H3,(H,16,17). The van der Waals surface area contributed by atoms with Gasteiger partial charge in [-0.15, -0.1) is 0 Å². The predicted molar refractivity (Wildman–Crippen MR) is 82.6 cm³/mol. The number of nitrogens with one attached hydrogen (secondary N) is 1. The fraction of sp³-hybridized carbons (Fsp3) is 0.286. The van der Waals surface area contributed by atoms with Crippen molar-refractivity contribution in [3.8, 4) is 0 Å². The molecule has 2 aromatic heterocycles. The van der Waals surface area contributed by atoms with Crippen molar-refractivity contribution >= 4 is 38.3 Å². The van der Waals surface area contributed by atoms with Crippen LogP contribution >= 0.6 is 22.9 Å². The van der Waals surface area contributed by atoms with Crippen molar-refractivity contribution in [3.63, 3.8) is 0 Å². The highest BCUT2D eigenvalue weighted by atomic mass is 35.5. The molecular formula is C14H14ClN3OS. The first-order valence-electron chi connectivity index (χ1n) is 6.30. The number of rotatable bonds is 3. The topological polar surface area (TPSA) is 51.0 Å². The Morgan fingerprint density at radius 3 is 2.85 bits per heavy atom. The summed E-state index contributed by atoms with van der Waals surface area (Å²) < 4.78 is 6.28. The van der Waals surface area contributed by atoms with E-state index < -0.39 is 0 Å². The van der Waals surface area contributed by atoms with Gasteiger partial charge in [0.25, 0.3) is 0 Å². The Morgan fingerprint density at radius 2 is 2.15 bits per heavy atom. The first kappa shape index (κ1) is 13.4. The normalized spacial score (nSPS) is 12.8. The van der Waals surface area contributed by atoms with Crippen LogP contribution in [0.2, 0.25) is 5.02 Å². The number of benzene rings is 1. The van der Waals surface area contributed by atoms with Gasteiger partial charge in [-0.2, -0.15) is 0 Å². The molecule has 104 valence electrons. The molecular weight excluding hydrogens is 294 g/mol. The van der Waals surface area contributed by atoms with Gasteiger partial charge in [-0.1, -0.05) is 28.1 Å². The fourth-order valence-electron chi connectivity index (χ4n) is 2.33. The number of nitrogens with zero attached hydrogens (tertiary/aromatic N) is 2. The second kappa shape index (κ2) is 5.07. The number of hydrogen-bond donors (Lipinski definition) is 1. The Hall–Kier alpha value is -1.59. The van der Waals surface area contributed by atoms with Crippen molar-refractivity contribution in [1.82, 2.24) is 10.1 Å². The van der Waals surface area contributed by atoms with Crippen LogP contribution in [0.25, 0.3) is 10.2 Å². The second-order valence-electron chi connectivity index (χ2n) is 4.73. The summed E-state index contributed by atoms with van der Waals surface area (Å²) in [5.74, 6) is 0.839. The zero-order valence-corrected chi connectivity index (χ0v) is 13.0. The third-order valence-electron chi connectivity index (χ3n) is 3.21. The predicted octanol–water partition coefficient (Wildman–Crippen LogP) is 4.73. The smallest absolute Gasteiger partial charge is 0.184 e. The molecule has 0 aliphatic rings. The Labute approximate surface area is 125 Å². The lowest BCUT2D eigenvalue weighted by atomic mass is 10.1. The number of hydrogen-bond acceptors (Lipinski definition) is 5. The van der Waals surface area contributed by atoms with Crippen LogP contribution in [0.5, 0.6) is 0 Å². The minimum absolute atomic E-state index is 0.0947. The van der Waals surface area contributed by atoms with Crippen LogP contribution in [0, 0.1) is 13.8 Å². The maximum absolute atomic E-state index is 5.99. The first-order valence-corrected chi connectivity index (χ1v) is 7.49. The highest BCUT2D eigenvalue weighted by Crippen LogP contribution is 2.31. The third-order valence-corrected chi connectivity index (χ3v) is 4.40. The molecule has 0 saturated carbocycles. The Balaban J connectivity index is 1.89. The first-order chi connectivity index (χ1) is 9.54. The summed E-state index contributed by atoms with van der Waals surface area (Å²) in [6, 6.07) is 5.81. The molecule has 1 aromatic carbocycles. The molecule has 3 rings (SSSR count). The lowest BCUT2D eigenvalue weighted by Crippen LogP contribution is -2.08. The molecule has 1 N–H and O–H groups in total. The zero-order valence-electron chi connectivity index (χ0n) is 11.4. The number of aromatic nitrogens is 2. The van der Waals surface area contributed by atoms with Crippen LogP contribution in [0.1, 0.15) is 30.0 Å². The second-order valence-corrected chi connectivity index (χ2v) is 6.20. The van der Waals surface area contributed by atoms with E-state index in [1.807, 2.05) is 32.0 Å². The third kappa shape index (κ3) is 2.39. The van der Waals surface area contributed by atoms with Crippen molar-refractivity contribution in [2.45, 2.75) is 26.8 Å². The minimum Gasteiger partial charge on any atom is -0.361 e. The van der Waals surface area contributed by atoms with Crippen LogP contribution in [0.15, 0.2) is 22.7 Å². The van der Waals surface area contributed by atoms with E-state index in [-0.39, 0.29) is 6.04 Å². The van der Waals surface area contributed by atoms with Crippen LogP contribution < -0.4 is 5.32 Å². The molecule has 2 heterocycles. The average molecular weight is 308 g/mol. The summed E-state index contributed by atoms with van der Waals surface area (Å²) in [5.41, 5.74) is 2.95. The van der Waals surface area contributed by atoms with Crippen molar-refractivity contribution < 1.29 is 4.52 Å². The highest BCUT2D eigenvalue weighted by molar-refractivity contribution is 7.22. The molecule has 0 saturated heterocycles. The van der Waals surface area contributed by atoms with E-state index in [1.165, 1.54) is 0 Å². The lowest BCUT2D eigenvalue weighted by Gasteiger charge is -2.12. The van der Waals surface area contributed by atoms with E-state index in [2.05, 4.69) is 22.4 Å². The quantitative estimate of drug-likeness (QED) is 0.760. The van der Waals surface area contributed by atoms with E-state index in [4.69, 9.17) is 16.1 Å². The molecule has 6 heteroatoms. The molecule has 0 bridgehead atoms. The van der Waals surface area contributed by atoms with E-state index >= 15 is 0 Å². The maximum atomic E-state index is 5.99. The van der Waals surface area contributed by atoms with Crippen LogP contribution in [0.4, 0.5) is 5.13 Å². The van der Waals surface area contributed by atoms with E-state index in [0.29, 0.717) is 0 Å². The number of anilines is 1. The van der Waals surface area contributed by atoms with Gasteiger partial charge < -0.3 is 9.84 Å². The van der Waals surface area contributed by atoms with Gasteiger partial charge in [-0.05, 0) is 39.0 Å². The molecule has 1 unspecified atom stereocenters. The number of fused-ring (bicyclic) bond motifs is 1. The van der Waals surface area contributed by atoms with E-state index in [1.54, 1.807) is 11.3 Å². The minimum atomic E-state index is 0.0947. The molecule has 4 nitrogen and oxygen atoms in total. The molecule has 0 fully saturated rings. The van der Waals surface area contributed by atoms with Gasteiger partial charge in [0.1, 0.15) is 5.76 Å². The van der Waals surface area contributed by atoms with Gasteiger partial charge in [0.15, 0.2) is 5.13 Å². The summed E-state index contributed by atoms with van der Waals surface area (Å²) in [5, 5.41) is 8.98. The summed E-state index contributed by atoms with van der Waals surface area (Å²) >= 11 is 7.59. The van der Waals surface area contributed by atoms with Crippen molar-refractivity contribution in [3.05, 3.63) is 40.2 Å². The molecule has 1 atom stereocenters. The maximum Gasteiger partial charge on any atom is 0.184 e. The van der Waals surface area contributed by atoms with Crippen LogP contribution in [-0.2, 0) is 0 Å². The number of aryl methyl sites for hydroxylation is 2. The van der Waals surface area contributed by atoms with Gasteiger partial charge >= 0.3 is 0 Å². The van der Waals surface area contributed by atoms with E-state index in [9.17, 15) is 0 Å². The van der Waals surface area contributed by atoms with Gasteiger partial charge in [0, 0.05) is 10.6 Å². The number of halogens is 1. The van der Waals surface area contributed by atoms with Crippen molar-refractivity contribution in [1.29, 1.82) is 0 Å². The molecule has 20 heavy (non-hydrogen) atoms. The number of thiazole rings is 1.